The molecule has 0 spiro atoms. The van der Waals surface area contributed by atoms with E-state index in [1.807, 2.05) is 30.6 Å². The fourth-order valence-corrected chi connectivity index (χ4v) is 3.13. The molecule has 0 amide bonds. The first-order chi connectivity index (χ1) is 8.22. The lowest BCUT2D eigenvalue weighted by molar-refractivity contribution is 0.154. The second-order valence-corrected chi connectivity index (χ2v) is 6.40. The summed E-state index contributed by atoms with van der Waals surface area (Å²) in [5, 5.41) is 10.0. The van der Waals surface area contributed by atoms with E-state index in [1.165, 1.54) is 4.88 Å². The molecule has 1 aliphatic rings. The quantitative estimate of drug-likeness (QED) is 0.898. The van der Waals surface area contributed by atoms with Crippen LogP contribution in [0.4, 0.5) is 0 Å². The molecule has 1 aliphatic carbocycles. The summed E-state index contributed by atoms with van der Waals surface area (Å²) in [7, 11) is 0. The van der Waals surface area contributed by atoms with Gasteiger partial charge < -0.3 is 9.67 Å². The molecule has 17 heavy (non-hydrogen) atoms. The minimum absolute atomic E-state index is 0.275. The highest BCUT2D eigenvalue weighted by Crippen LogP contribution is 2.40. The second-order valence-electron chi connectivity index (χ2n) is 4.61. The Balaban J connectivity index is 1.71. The minimum Gasteiger partial charge on any atom is -0.388 e. The maximum absolute atomic E-state index is 10.0. The number of hydrogen-bond donors (Lipinski definition) is 1. The molecule has 3 rings (SSSR count). The molecule has 1 fully saturated rings. The molecule has 1 saturated carbocycles. The van der Waals surface area contributed by atoms with Crippen molar-refractivity contribution < 1.29 is 5.11 Å². The van der Waals surface area contributed by atoms with E-state index in [4.69, 9.17) is 11.6 Å². The van der Waals surface area contributed by atoms with Crippen LogP contribution in [0.5, 0.6) is 0 Å². The van der Waals surface area contributed by atoms with Gasteiger partial charge in [-0.25, -0.2) is 0 Å². The highest BCUT2D eigenvalue weighted by atomic mass is 35.5. The van der Waals surface area contributed by atoms with Gasteiger partial charge in [-0.1, -0.05) is 11.6 Å². The lowest BCUT2D eigenvalue weighted by atomic mass is 10.1. The van der Waals surface area contributed by atoms with Crippen molar-refractivity contribution in [1.29, 1.82) is 0 Å². The average Bonchev–Trinajstić information content (AvgIpc) is 2.93. The van der Waals surface area contributed by atoms with E-state index >= 15 is 0 Å². The molecule has 1 N–H and O–H groups in total. The van der Waals surface area contributed by atoms with Crippen LogP contribution < -0.4 is 0 Å². The van der Waals surface area contributed by atoms with Crippen LogP contribution >= 0.6 is 22.9 Å². The third-order valence-electron chi connectivity index (χ3n) is 3.15. The Kier molecular flexibility index (Phi) is 2.99. The highest BCUT2D eigenvalue weighted by Gasteiger charge is 2.31. The monoisotopic (exact) mass is 267 g/mol. The molecule has 1 atom stereocenters. The van der Waals surface area contributed by atoms with Crippen molar-refractivity contribution in [1.82, 2.24) is 4.57 Å². The number of hydrogen-bond acceptors (Lipinski definition) is 2. The zero-order valence-corrected chi connectivity index (χ0v) is 10.9. The van der Waals surface area contributed by atoms with Crippen molar-refractivity contribution in [3.8, 4) is 0 Å². The lowest BCUT2D eigenvalue weighted by Crippen LogP contribution is -1.98. The van der Waals surface area contributed by atoms with Gasteiger partial charge in [0, 0.05) is 17.3 Å². The van der Waals surface area contributed by atoms with E-state index in [9.17, 15) is 5.11 Å². The van der Waals surface area contributed by atoms with Gasteiger partial charge >= 0.3 is 0 Å². The first-order valence-electron chi connectivity index (χ1n) is 5.80. The molecule has 2 aromatic heterocycles. The Morgan fingerprint density at radius 2 is 2.24 bits per heavy atom. The number of aromatic nitrogens is 1. The molecule has 0 radical (unpaired) electrons. The van der Waals surface area contributed by atoms with E-state index in [1.54, 1.807) is 11.3 Å². The first-order valence-corrected chi connectivity index (χ1v) is 7.00. The lowest BCUT2D eigenvalue weighted by Gasteiger charge is -2.05. The van der Waals surface area contributed by atoms with Crippen LogP contribution in [0.1, 0.15) is 29.4 Å². The van der Waals surface area contributed by atoms with E-state index in [0.717, 1.165) is 29.3 Å². The van der Waals surface area contributed by atoms with Crippen LogP contribution in [-0.2, 0) is 6.54 Å². The van der Waals surface area contributed by atoms with Gasteiger partial charge in [0.1, 0.15) is 0 Å². The normalized spacial score (nSPS) is 17.3. The van der Waals surface area contributed by atoms with Gasteiger partial charge in [-0.05, 0) is 42.5 Å². The third kappa shape index (κ3) is 2.57. The smallest absolute Gasteiger partial charge is 0.0931 e. The van der Waals surface area contributed by atoms with E-state index in [0.29, 0.717) is 5.92 Å². The van der Waals surface area contributed by atoms with Crippen molar-refractivity contribution >= 4 is 22.9 Å². The summed E-state index contributed by atoms with van der Waals surface area (Å²) in [6.07, 6.45) is 6.11. The molecule has 0 saturated heterocycles. The van der Waals surface area contributed by atoms with Crippen molar-refractivity contribution in [2.75, 3.05) is 0 Å². The van der Waals surface area contributed by atoms with Gasteiger partial charge in [-0.3, -0.25) is 0 Å². The molecule has 4 heteroatoms. The summed E-state index contributed by atoms with van der Waals surface area (Å²) >= 11 is 7.50. The predicted molar refractivity (Wildman–Crippen MR) is 70.5 cm³/mol. The molecule has 2 heterocycles. The Morgan fingerprint density at radius 1 is 1.41 bits per heavy atom. The predicted octanol–water partition coefficient (Wildman–Crippen LogP) is 3.69. The maximum Gasteiger partial charge on any atom is 0.0931 e. The molecule has 2 nitrogen and oxygen atoms in total. The zero-order chi connectivity index (χ0) is 11.8. The van der Waals surface area contributed by atoms with E-state index < -0.39 is 0 Å². The fourth-order valence-electron chi connectivity index (χ4n) is 2.03. The third-order valence-corrected chi connectivity index (χ3v) is 4.37. The summed E-state index contributed by atoms with van der Waals surface area (Å²) in [5.74, 6) is 0.488. The Bertz CT molecular complexity index is 515. The van der Waals surface area contributed by atoms with Gasteiger partial charge in [-0.15, -0.1) is 11.3 Å². The molecule has 0 bridgehead atoms. The molecule has 0 aromatic carbocycles. The molecule has 90 valence electrons. The summed E-state index contributed by atoms with van der Waals surface area (Å²) in [6.45, 7) is 0.828. The number of thiophene rings is 1. The van der Waals surface area contributed by atoms with Crippen LogP contribution in [0.15, 0.2) is 30.6 Å². The summed E-state index contributed by atoms with van der Waals surface area (Å²) in [5.41, 5.74) is 1.04. The summed E-state index contributed by atoms with van der Waals surface area (Å²) < 4.78 is 2.92. The average molecular weight is 268 g/mol. The molecule has 1 unspecified atom stereocenters. The molecular weight excluding hydrogens is 254 g/mol. The van der Waals surface area contributed by atoms with Gasteiger partial charge in [0.05, 0.1) is 17.0 Å². The first kappa shape index (κ1) is 11.3. The van der Waals surface area contributed by atoms with Crippen LogP contribution in [0.2, 0.25) is 4.34 Å². The van der Waals surface area contributed by atoms with Crippen LogP contribution in [0.3, 0.4) is 0 Å². The molecule has 0 aliphatic heterocycles. The summed E-state index contributed by atoms with van der Waals surface area (Å²) in [4.78, 5) is 1.23. The van der Waals surface area contributed by atoms with Gasteiger partial charge in [0.25, 0.3) is 0 Å². The van der Waals surface area contributed by atoms with Crippen LogP contribution in [0.25, 0.3) is 0 Å². The van der Waals surface area contributed by atoms with Crippen LogP contribution in [-0.4, -0.2) is 9.67 Å². The number of aliphatic hydroxyl groups excluding tert-OH is 1. The highest BCUT2D eigenvalue weighted by molar-refractivity contribution is 7.16. The Hall–Kier alpha value is -0.770. The number of halogens is 1. The van der Waals surface area contributed by atoms with Crippen molar-refractivity contribution in [3.05, 3.63) is 45.4 Å². The van der Waals surface area contributed by atoms with Crippen molar-refractivity contribution in [2.45, 2.75) is 25.5 Å². The number of rotatable bonds is 4. The van der Waals surface area contributed by atoms with E-state index in [-0.39, 0.29) is 6.10 Å². The molecule has 2 aromatic rings. The topological polar surface area (TPSA) is 25.2 Å². The SMILES string of the molecule is OC(c1ccn(Cc2ccc(Cl)s2)c1)C1CC1. The van der Waals surface area contributed by atoms with Crippen molar-refractivity contribution in [2.24, 2.45) is 5.92 Å². The second kappa shape index (κ2) is 4.48. The Labute approximate surface area is 109 Å². The standard InChI is InChI=1S/C13H14ClNOS/c14-12-4-3-11(17-12)8-15-6-5-10(7-15)13(16)9-1-2-9/h3-7,9,13,16H,1-2,8H2. The van der Waals surface area contributed by atoms with Crippen LogP contribution in [0, 0.1) is 5.92 Å². The number of nitrogens with zero attached hydrogens (tertiary/aromatic N) is 1. The summed E-state index contributed by atoms with van der Waals surface area (Å²) in [6, 6.07) is 5.98. The largest absolute Gasteiger partial charge is 0.388 e. The zero-order valence-electron chi connectivity index (χ0n) is 9.34. The minimum atomic E-state index is -0.275. The van der Waals surface area contributed by atoms with Crippen molar-refractivity contribution in [3.63, 3.8) is 0 Å². The van der Waals surface area contributed by atoms with E-state index in [2.05, 4.69) is 4.57 Å². The van der Waals surface area contributed by atoms with Gasteiger partial charge in [-0.2, -0.15) is 0 Å². The fraction of sp³-hybridized carbons (Fsp3) is 0.385. The Morgan fingerprint density at radius 3 is 2.88 bits per heavy atom. The van der Waals surface area contributed by atoms with Gasteiger partial charge in [0.2, 0.25) is 0 Å². The van der Waals surface area contributed by atoms with Gasteiger partial charge in [0.15, 0.2) is 0 Å². The number of aliphatic hydroxyl groups is 1. The molecular formula is C13H14ClNOS. The maximum atomic E-state index is 10.0.